The number of halogens is 4. The van der Waals surface area contributed by atoms with Crippen molar-refractivity contribution in [2.45, 2.75) is 65.7 Å². The number of aryl methyl sites for hydroxylation is 1. The van der Waals surface area contributed by atoms with Crippen LogP contribution in [-0.2, 0) is 18.3 Å². The number of carbonyl (C=O) groups is 2. The average molecular weight is 672 g/mol. The van der Waals surface area contributed by atoms with Gasteiger partial charge in [0, 0.05) is 56.1 Å². The lowest BCUT2D eigenvalue weighted by Crippen LogP contribution is -2.43. The average Bonchev–Trinajstić information content (AvgIpc) is 3.02. The third kappa shape index (κ3) is 7.95. The molecule has 1 amide bonds. The molecule has 0 saturated carbocycles. The summed E-state index contributed by atoms with van der Waals surface area (Å²) >= 11 is 0. The van der Waals surface area contributed by atoms with E-state index in [4.69, 9.17) is 0 Å². The number of aliphatic carboxylic acids is 1. The fourth-order valence-corrected chi connectivity index (χ4v) is 5.46. The number of pyridine rings is 2. The van der Waals surface area contributed by atoms with Crippen LogP contribution in [0.15, 0.2) is 53.5 Å². The molecule has 3 N–H and O–H groups in total. The van der Waals surface area contributed by atoms with Crippen LogP contribution >= 0.6 is 0 Å². The lowest BCUT2D eigenvalue weighted by Gasteiger charge is -2.22. The second-order valence-electron chi connectivity index (χ2n) is 11.3. The topological polar surface area (TPSA) is 117 Å². The Bertz CT molecular complexity index is 1850. The zero-order valence-corrected chi connectivity index (χ0v) is 28.2. The molecule has 4 rings (SSSR count). The SMILES string of the molecule is CC.CC[C@@H](Nc1cc(C)c(C(=O)N[C@@H](Cc2ccc(-c3cc(N(C)C)c(C)n(C)c3=O)c3ncccc23)C(=O)O)c(F)c1)C(F)(F)F. The van der Waals surface area contributed by atoms with Crippen LogP contribution in [0.4, 0.5) is 28.9 Å². The molecule has 0 spiro atoms. The normalized spacial score (nSPS) is 12.5. The van der Waals surface area contributed by atoms with Crippen LogP contribution in [0.2, 0.25) is 0 Å². The quantitative estimate of drug-likeness (QED) is 0.162. The highest BCUT2D eigenvalue weighted by Crippen LogP contribution is 2.32. The molecule has 258 valence electrons. The van der Waals surface area contributed by atoms with Crippen molar-refractivity contribution in [3.8, 4) is 11.1 Å². The van der Waals surface area contributed by atoms with Gasteiger partial charge in [0.25, 0.3) is 11.5 Å². The molecule has 4 aromatic rings. The number of nitrogens with zero attached hydrogens (tertiary/aromatic N) is 3. The first-order valence-electron chi connectivity index (χ1n) is 15.5. The molecule has 0 unspecified atom stereocenters. The summed E-state index contributed by atoms with van der Waals surface area (Å²) in [6, 6.07) is 7.08. The Hall–Kier alpha value is -4.94. The highest BCUT2D eigenvalue weighted by atomic mass is 19.4. The van der Waals surface area contributed by atoms with Gasteiger partial charge < -0.3 is 25.2 Å². The van der Waals surface area contributed by atoms with E-state index in [9.17, 15) is 32.7 Å². The summed E-state index contributed by atoms with van der Waals surface area (Å²) in [4.78, 5) is 45.2. The molecule has 0 saturated heterocycles. The van der Waals surface area contributed by atoms with Crippen molar-refractivity contribution in [3.63, 3.8) is 0 Å². The number of aromatic nitrogens is 2. The minimum Gasteiger partial charge on any atom is -0.480 e. The standard InChI is InChI=1S/C33H35F4N5O4.C2H6/c1-7-27(33(35,36)37)39-20-13-17(2)28(24(34)15-20)30(43)40-25(32(45)46)14-19-10-11-22(29-21(19)9-8-12-38-29)23-16-26(41(4)5)18(3)42(6)31(23)44;1-2/h8-13,15-16,25,27,39H,7,14H2,1-6H3,(H,40,43)(H,45,46);1-2H3/t25-,27+;/m0./s1. The molecule has 0 aliphatic carbocycles. The van der Waals surface area contributed by atoms with Gasteiger partial charge in [-0.2, -0.15) is 13.2 Å². The largest absolute Gasteiger partial charge is 0.480 e. The van der Waals surface area contributed by atoms with Crippen molar-refractivity contribution in [3.05, 3.63) is 87.2 Å². The number of anilines is 2. The minimum absolute atomic E-state index is 0.0249. The minimum atomic E-state index is -4.56. The number of hydrogen-bond donors (Lipinski definition) is 3. The van der Waals surface area contributed by atoms with E-state index in [1.54, 1.807) is 48.1 Å². The van der Waals surface area contributed by atoms with Gasteiger partial charge >= 0.3 is 12.1 Å². The first-order chi connectivity index (χ1) is 22.5. The van der Waals surface area contributed by atoms with Crippen molar-refractivity contribution in [1.82, 2.24) is 14.9 Å². The van der Waals surface area contributed by atoms with Crippen molar-refractivity contribution < 1.29 is 32.3 Å². The van der Waals surface area contributed by atoms with Crippen molar-refractivity contribution in [2.75, 3.05) is 24.3 Å². The summed E-state index contributed by atoms with van der Waals surface area (Å²) in [6.45, 7) is 8.52. The lowest BCUT2D eigenvalue weighted by atomic mass is 9.95. The number of carboxylic acids is 1. The van der Waals surface area contributed by atoms with Crippen LogP contribution in [0.25, 0.3) is 22.0 Å². The van der Waals surface area contributed by atoms with E-state index < -0.39 is 41.5 Å². The van der Waals surface area contributed by atoms with Crippen LogP contribution in [0.5, 0.6) is 0 Å². The molecule has 48 heavy (non-hydrogen) atoms. The van der Waals surface area contributed by atoms with Gasteiger partial charge in [-0.05, 0) is 55.7 Å². The number of hydrogen-bond acceptors (Lipinski definition) is 6. The zero-order valence-electron chi connectivity index (χ0n) is 28.2. The lowest BCUT2D eigenvalue weighted by molar-refractivity contribution is -0.143. The second kappa shape index (κ2) is 15.3. The maximum Gasteiger partial charge on any atom is 0.408 e. The molecular formula is C35H41F4N5O4. The number of fused-ring (bicyclic) bond motifs is 1. The fraction of sp³-hybridized carbons (Fsp3) is 0.371. The van der Waals surface area contributed by atoms with E-state index in [0.29, 0.717) is 27.6 Å². The van der Waals surface area contributed by atoms with Gasteiger partial charge in [-0.25, -0.2) is 9.18 Å². The van der Waals surface area contributed by atoms with Crippen LogP contribution in [0.3, 0.4) is 0 Å². The van der Waals surface area contributed by atoms with Gasteiger partial charge in [-0.15, -0.1) is 0 Å². The molecule has 2 atom stereocenters. The van der Waals surface area contributed by atoms with E-state index in [1.165, 1.54) is 19.9 Å². The van der Waals surface area contributed by atoms with E-state index in [1.807, 2.05) is 39.8 Å². The van der Waals surface area contributed by atoms with Gasteiger partial charge in [0.05, 0.1) is 22.3 Å². The first-order valence-corrected chi connectivity index (χ1v) is 15.5. The Morgan fingerprint density at radius 3 is 2.29 bits per heavy atom. The Balaban J connectivity index is 0.00000307. The molecule has 2 aromatic carbocycles. The number of carbonyl (C=O) groups excluding carboxylic acids is 1. The molecular weight excluding hydrogens is 630 g/mol. The summed E-state index contributed by atoms with van der Waals surface area (Å²) in [5, 5.41) is 15.2. The molecule has 0 fully saturated rings. The molecule has 0 aliphatic heterocycles. The summed E-state index contributed by atoms with van der Waals surface area (Å²) in [5.74, 6) is -3.52. The van der Waals surface area contributed by atoms with E-state index >= 15 is 4.39 Å². The van der Waals surface area contributed by atoms with E-state index in [-0.39, 0.29) is 29.7 Å². The highest BCUT2D eigenvalue weighted by molar-refractivity contribution is 5.99. The molecule has 9 nitrogen and oxygen atoms in total. The maximum absolute atomic E-state index is 15.1. The molecule has 2 heterocycles. The molecule has 0 aliphatic rings. The number of amides is 1. The fourth-order valence-electron chi connectivity index (χ4n) is 5.46. The maximum atomic E-state index is 15.1. The smallest absolute Gasteiger partial charge is 0.408 e. The van der Waals surface area contributed by atoms with Gasteiger partial charge in [-0.1, -0.05) is 39.0 Å². The highest BCUT2D eigenvalue weighted by Gasteiger charge is 2.38. The Morgan fingerprint density at radius 1 is 1.06 bits per heavy atom. The zero-order chi connectivity index (χ0) is 36.1. The summed E-state index contributed by atoms with van der Waals surface area (Å²) < 4.78 is 56.3. The van der Waals surface area contributed by atoms with E-state index in [2.05, 4.69) is 15.6 Å². The van der Waals surface area contributed by atoms with Crippen LogP contribution in [0, 0.1) is 19.7 Å². The van der Waals surface area contributed by atoms with Gasteiger partial charge in [0.1, 0.15) is 17.9 Å². The molecule has 2 aromatic heterocycles. The van der Waals surface area contributed by atoms with E-state index in [0.717, 1.165) is 17.4 Å². The van der Waals surface area contributed by atoms with Crippen LogP contribution in [-0.4, -0.2) is 58.9 Å². The Labute approximate surface area is 276 Å². The number of benzene rings is 2. The third-order valence-electron chi connectivity index (χ3n) is 8.01. The number of nitrogens with one attached hydrogen (secondary N) is 2. The van der Waals surface area contributed by atoms with Crippen molar-refractivity contribution >= 4 is 34.2 Å². The molecule has 0 bridgehead atoms. The third-order valence-corrected chi connectivity index (χ3v) is 8.01. The molecule has 0 radical (unpaired) electrons. The second-order valence-corrected chi connectivity index (χ2v) is 11.3. The first kappa shape index (κ1) is 37.5. The van der Waals surface area contributed by atoms with Gasteiger partial charge in [0.15, 0.2) is 0 Å². The summed E-state index contributed by atoms with van der Waals surface area (Å²) in [5.41, 5.74) is 2.66. The summed E-state index contributed by atoms with van der Waals surface area (Å²) in [7, 11) is 5.41. The number of carboxylic acid groups (broad SMARTS) is 1. The van der Waals surface area contributed by atoms with Crippen LogP contribution in [0.1, 0.15) is 54.4 Å². The summed E-state index contributed by atoms with van der Waals surface area (Å²) in [6.07, 6.45) is -3.51. The van der Waals surface area contributed by atoms with Crippen molar-refractivity contribution in [2.24, 2.45) is 7.05 Å². The predicted molar refractivity (Wildman–Crippen MR) is 180 cm³/mol. The van der Waals surface area contributed by atoms with Gasteiger partial charge in [0.2, 0.25) is 0 Å². The van der Waals surface area contributed by atoms with Crippen molar-refractivity contribution in [1.29, 1.82) is 0 Å². The Morgan fingerprint density at radius 2 is 1.73 bits per heavy atom. The Kier molecular flexibility index (Phi) is 12.0. The predicted octanol–water partition coefficient (Wildman–Crippen LogP) is 6.63. The number of rotatable bonds is 10. The monoisotopic (exact) mass is 671 g/mol. The van der Waals surface area contributed by atoms with Gasteiger partial charge in [-0.3, -0.25) is 14.6 Å². The number of alkyl halides is 3. The molecule has 13 heteroatoms. The van der Waals surface area contributed by atoms with Crippen LogP contribution < -0.4 is 21.1 Å².